The lowest BCUT2D eigenvalue weighted by atomic mass is 9.68. The summed E-state index contributed by atoms with van der Waals surface area (Å²) in [5, 5.41) is 9.47. The van der Waals surface area contributed by atoms with Crippen LogP contribution >= 0.6 is 0 Å². The Morgan fingerprint density at radius 2 is 2.32 bits per heavy atom. The van der Waals surface area contributed by atoms with E-state index in [1.807, 2.05) is 12.1 Å². The molecule has 7 heteroatoms. The monoisotopic (exact) mass is 382 g/mol. The molecule has 7 aliphatic heterocycles. The molecule has 1 aromatic carbocycles. The Morgan fingerprint density at radius 3 is 3.18 bits per heavy atom. The Hall–Kier alpha value is -2.25. The summed E-state index contributed by atoms with van der Waals surface area (Å²) in [4.78, 5) is 7.59. The molecule has 0 saturated carbocycles. The van der Waals surface area contributed by atoms with E-state index >= 15 is 0 Å². The smallest absolute Gasteiger partial charge is 0.231 e. The molecule has 0 amide bonds. The molecule has 5 saturated heterocycles. The number of aliphatic hydroxyl groups excluding tert-OH is 1. The van der Waals surface area contributed by atoms with Gasteiger partial charge in [0.25, 0.3) is 0 Å². The van der Waals surface area contributed by atoms with Crippen LogP contribution in [0.5, 0.6) is 17.2 Å². The lowest BCUT2D eigenvalue weighted by Crippen LogP contribution is -2.61. The molecule has 7 nitrogen and oxygen atoms in total. The Bertz CT molecular complexity index is 972. The number of piperidine rings is 3. The summed E-state index contributed by atoms with van der Waals surface area (Å²) in [7, 11) is 1.70. The highest BCUT2D eigenvalue weighted by Crippen LogP contribution is 2.66. The van der Waals surface area contributed by atoms with Crippen molar-refractivity contribution < 1.29 is 24.1 Å². The van der Waals surface area contributed by atoms with Crippen molar-refractivity contribution in [2.24, 2.45) is 16.8 Å². The summed E-state index contributed by atoms with van der Waals surface area (Å²) in [6.45, 7) is 1.95. The number of aliphatic imine (C=N–C) groups is 1. The molecular formula is C21H22N2O5. The molecule has 0 aliphatic carbocycles. The zero-order valence-electron chi connectivity index (χ0n) is 15.7. The van der Waals surface area contributed by atoms with Crippen molar-refractivity contribution in [2.75, 3.05) is 33.7 Å². The summed E-state index contributed by atoms with van der Waals surface area (Å²) in [6, 6.07) is 2.79. The van der Waals surface area contributed by atoms with Gasteiger partial charge in [0.05, 0.1) is 31.4 Å². The SMILES string of the molecule is COc1c2c(cc3c1[C@@]14C[C@H]5[C@@H](COC1=N3)[C@H]1C[C@@H]4N5CC1=CCO)OCO2. The maximum Gasteiger partial charge on any atom is 0.231 e. The average Bonchev–Trinajstić information content (AvgIpc) is 3.31. The van der Waals surface area contributed by atoms with Gasteiger partial charge in [-0.05, 0) is 18.8 Å². The zero-order valence-corrected chi connectivity index (χ0v) is 15.7. The third-order valence-corrected chi connectivity index (χ3v) is 7.87. The van der Waals surface area contributed by atoms with E-state index in [0.29, 0.717) is 42.0 Å². The van der Waals surface area contributed by atoms with Crippen LogP contribution < -0.4 is 14.2 Å². The van der Waals surface area contributed by atoms with E-state index in [2.05, 4.69) is 4.90 Å². The van der Waals surface area contributed by atoms with Crippen LogP contribution in [0, 0.1) is 11.8 Å². The number of fused-ring (bicyclic) bond motifs is 3. The fraction of sp³-hybridized carbons (Fsp3) is 0.571. The number of nitrogens with zero attached hydrogens (tertiary/aromatic N) is 2. The Kier molecular flexibility index (Phi) is 2.80. The third-order valence-electron chi connectivity index (χ3n) is 7.87. The van der Waals surface area contributed by atoms with E-state index in [1.54, 1.807) is 7.11 Å². The minimum atomic E-state index is -0.277. The molecule has 1 aromatic rings. The van der Waals surface area contributed by atoms with Crippen molar-refractivity contribution in [1.82, 2.24) is 4.90 Å². The van der Waals surface area contributed by atoms with Crippen molar-refractivity contribution in [2.45, 2.75) is 30.3 Å². The highest BCUT2D eigenvalue weighted by molar-refractivity contribution is 6.00. The normalized spacial score (nSPS) is 41.6. The van der Waals surface area contributed by atoms with Gasteiger partial charge in [-0.3, -0.25) is 4.90 Å². The van der Waals surface area contributed by atoms with Gasteiger partial charge in [-0.25, -0.2) is 4.99 Å². The molecule has 7 aliphatic rings. The van der Waals surface area contributed by atoms with Gasteiger partial charge in [-0.15, -0.1) is 0 Å². The van der Waals surface area contributed by atoms with Gasteiger partial charge < -0.3 is 24.1 Å². The van der Waals surface area contributed by atoms with Crippen molar-refractivity contribution in [3.05, 3.63) is 23.3 Å². The van der Waals surface area contributed by atoms with Crippen LogP contribution in [0.2, 0.25) is 0 Å². The van der Waals surface area contributed by atoms with Crippen LogP contribution in [0.4, 0.5) is 5.69 Å². The van der Waals surface area contributed by atoms with E-state index in [9.17, 15) is 5.11 Å². The molecule has 1 N–H and O–H groups in total. The predicted octanol–water partition coefficient (Wildman–Crippen LogP) is 1.75. The zero-order chi connectivity index (χ0) is 18.6. The second-order valence-corrected chi connectivity index (χ2v) is 8.66. The van der Waals surface area contributed by atoms with Gasteiger partial charge in [0, 0.05) is 36.2 Å². The largest absolute Gasteiger partial charge is 0.492 e. The minimum Gasteiger partial charge on any atom is -0.492 e. The van der Waals surface area contributed by atoms with E-state index < -0.39 is 0 Å². The summed E-state index contributed by atoms with van der Waals surface area (Å²) in [5.74, 6) is 3.92. The molecule has 0 aromatic heterocycles. The lowest BCUT2D eigenvalue weighted by molar-refractivity contribution is -0.0155. The first-order chi connectivity index (χ1) is 13.8. The van der Waals surface area contributed by atoms with Gasteiger partial charge in [0.1, 0.15) is 0 Å². The molecule has 28 heavy (non-hydrogen) atoms. The number of methoxy groups -OCH3 is 1. The predicted molar refractivity (Wildman–Crippen MR) is 99.5 cm³/mol. The van der Waals surface area contributed by atoms with Crippen LogP contribution in [0.1, 0.15) is 18.4 Å². The standard InChI is InChI=1S/C21H22N2O5/c1-25-19-17-13(5-15-18(19)28-9-27-15)22-20-21(17)6-14-12(8-26-20)11-4-16(21)23(14)7-10(11)2-3-24/h2,5,11-12,14,16,24H,3-4,6-9H2,1H3/t11-,12-,14-,16-,21-/m0/s1. The van der Waals surface area contributed by atoms with Crippen LogP contribution in [-0.2, 0) is 10.2 Å². The molecule has 6 atom stereocenters. The molecule has 5 fully saturated rings. The van der Waals surface area contributed by atoms with Crippen molar-refractivity contribution in [3.63, 3.8) is 0 Å². The summed E-state index contributed by atoms with van der Waals surface area (Å²) in [6.07, 6.45) is 4.09. The summed E-state index contributed by atoms with van der Waals surface area (Å²) in [5.41, 5.74) is 3.10. The second kappa shape index (κ2) is 5.02. The summed E-state index contributed by atoms with van der Waals surface area (Å²) < 4.78 is 23.6. The van der Waals surface area contributed by atoms with Gasteiger partial charge in [-0.1, -0.05) is 11.6 Å². The molecule has 5 bridgehead atoms. The number of hydrogen-bond acceptors (Lipinski definition) is 7. The van der Waals surface area contributed by atoms with Crippen molar-refractivity contribution in [3.8, 4) is 17.2 Å². The highest BCUT2D eigenvalue weighted by Gasteiger charge is 2.69. The molecule has 1 unspecified atom stereocenters. The number of aliphatic hydroxyl groups is 1. The lowest BCUT2D eigenvalue weighted by Gasteiger charge is -2.54. The number of rotatable bonds is 2. The quantitative estimate of drug-likeness (QED) is 0.786. The fourth-order valence-electron chi connectivity index (χ4n) is 6.92. The van der Waals surface area contributed by atoms with E-state index in [0.717, 1.165) is 42.3 Å². The first kappa shape index (κ1) is 15.6. The van der Waals surface area contributed by atoms with Gasteiger partial charge in [0.2, 0.25) is 18.4 Å². The van der Waals surface area contributed by atoms with Gasteiger partial charge in [0.15, 0.2) is 11.5 Å². The number of ether oxygens (including phenoxy) is 4. The van der Waals surface area contributed by atoms with Crippen LogP contribution in [0.3, 0.4) is 0 Å². The van der Waals surface area contributed by atoms with Gasteiger partial charge >= 0.3 is 0 Å². The maximum atomic E-state index is 9.47. The van der Waals surface area contributed by atoms with Gasteiger partial charge in [-0.2, -0.15) is 0 Å². The van der Waals surface area contributed by atoms with Crippen molar-refractivity contribution in [1.29, 1.82) is 0 Å². The fourth-order valence-corrected chi connectivity index (χ4v) is 6.92. The van der Waals surface area contributed by atoms with Crippen LogP contribution in [-0.4, -0.2) is 61.6 Å². The Morgan fingerprint density at radius 1 is 1.39 bits per heavy atom. The highest BCUT2D eigenvalue weighted by atomic mass is 16.7. The second-order valence-electron chi connectivity index (χ2n) is 8.66. The Balaban J connectivity index is 1.45. The van der Waals surface area contributed by atoms with Crippen LogP contribution in [0.15, 0.2) is 22.7 Å². The number of hydrogen-bond donors (Lipinski definition) is 1. The molecule has 1 spiro atoms. The molecule has 146 valence electrons. The molecule has 7 heterocycles. The Labute approximate surface area is 162 Å². The maximum absolute atomic E-state index is 9.47. The number of benzene rings is 1. The van der Waals surface area contributed by atoms with Crippen LogP contribution in [0.25, 0.3) is 0 Å². The topological polar surface area (TPSA) is 72.8 Å². The van der Waals surface area contributed by atoms with Crippen molar-refractivity contribution >= 4 is 11.6 Å². The molecule has 8 rings (SSSR count). The summed E-state index contributed by atoms with van der Waals surface area (Å²) >= 11 is 0. The first-order valence-electron chi connectivity index (χ1n) is 10.0. The average molecular weight is 382 g/mol. The van der Waals surface area contributed by atoms with E-state index in [-0.39, 0.29) is 18.8 Å². The van der Waals surface area contributed by atoms with E-state index in [4.69, 9.17) is 23.9 Å². The molecular weight excluding hydrogens is 360 g/mol. The third kappa shape index (κ3) is 1.56. The van der Waals surface area contributed by atoms with E-state index in [1.165, 1.54) is 5.57 Å². The minimum absolute atomic E-state index is 0.112. The molecule has 0 radical (unpaired) electrons. The first-order valence-corrected chi connectivity index (χ1v) is 10.0.